The molecule has 0 aliphatic carbocycles. The molecule has 0 aliphatic rings. The number of nitrogens with one attached hydrogen (secondary N) is 1. The van der Waals surface area contributed by atoms with Crippen LogP contribution in [0.4, 0.5) is 5.69 Å². The van der Waals surface area contributed by atoms with Crippen molar-refractivity contribution in [2.24, 2.45) is 0 Å². The lowest BCUT2D eigenvalue weighted by atomic mass is 10.2. The Bertz CT molecular complexity index is 672. The van der Waals surface area contributed by atoms with Gasteiger partial charge in [-0.1, -0.05) is 11.6 Å². The van der Waals surface area contributed by atoms with Crippen molar-refractivity contribution in [1.82, 2.24) is 9.78 Å². The van der Waals surface area contributed by atoms with Crippen LogP contribution in [0.3, 0.4) is 0 Å². The van der Waals surface area contributed by atoms with Crippen LogP contribution in [0.1, 0.15) is 10.4 Å². The molecule has 0 fully saturated rings. The smallest absolute Gasteiger partial charge is 0.325 e. The van der Waals surface area contributed by atoms with E-state index in [0.29, 0.717) is 16.3 Å². The maximum atomic E-state index is 12.1. The average molecular weight is 406 g/mol. The van der Waals surface area contributed by atoms with Gasteiger partial charge in [-0.25, -0.2) is 0 Å². The van der Waals surface area contributed by atoms with Gasteiger partial charge in [0.25, 0.3) is 5.91 Å². The second-order valence-electron chi connectivity index (χ2n) is 3.90. The Morgan fingerprint density at radius 3 is 2.90 bits per heavy atom. The standard InChI is InChI=1S/C12H9ClIN3O3/c13-7-1-2-10(14)9(3-7)12(20)16-8-4-15-17(5-8)6-11(18)19/h1-5H,6H2,(H,16,20)(H,18,19). The van der Waals surface area contributed by atoms with Crippen molar-refractivity contribution >= 4 is 51.8 Å². The average Bonchev–Trinajstić information content (AvgIpc) is 2.78. The van der Waals surface area contributed by atoms with Crippen LogP contribution in [-0.2, 0) is 11.3 Å². The Morgan fingerprint density at radius 2 is 2.20 bits per heavy atom. The number of anilines is 1. The molecule has 8 heteroatoms. The fourth-order valence-corrected chi connectivity index (χ4v) is 2.28. The first-order valence-electron chi connectivity index (χ1n) is 5.46. The summed E-state index contributed by atoms with van der Waals surface area (Å²) in [6.45, 7) is -0.259. The largest absolute Gasteiger partial charge is 0.480 e. The van der Waals surface area contributed by atoms with Crippen LogP contribution in [0, 0.1) is 3.57 Å². The zero-order valence-electron chi connectivity index (χ0n) is 10.0. The van der Waals surface area contributed by atoms with E-state index in [1.54, 1.807) is 18.2 Å². The van der Waals surface area contributed by atoms with Gasteiger partial charge in [0, 0.05) is 14.8 Å². The van der Waals surface area contributed by atoms with Crippen LogP contribution >= 0.6 is 34.2 Å². The number of hydrogen-bond acceptors (Lipinski definition) is 3. The summed E-state index contributed by atoms with van der Waals surface area (Å²) in [5.41, 5.74) is 0.871. The van der Waals surface area contributed by atoms with Gasteiger partial charge in [-0.05, 0) is 40.8 Å². The predicted molar refractivity (Wildman–Crippen MR) is 82.0 cm³/mol. The van der Waals surface area contributed by atoms with Crippen molar-refractivity contribution in [1.29, 1.82) is 0 Å². The van der Waals surface area contributed by atoms with E-state index in [4.69, 9.17) is 16.7 Å². The minimum atomic E-state index is -1.00. The lowest BCUT2D eigenvalue weighted by Crippen LogP contribution is -2.13. The van der Waals surface area contributed by atoms with Gasteiger partial charge in [-0.3, -0.25) is 14.3 Å². The number of aromatic nitrogens is 2. The van der Waals surface area contributed by atoms with Crippen molar-refractivity contribution in [3.8, 4) is 0 Å². The molecule has 1 heterocycles. The maximum absolute atomic E-state index is 12.1. The number of amides is 1. The van der Waals surface area contributed by atoms with Crippen LogP contribution in [0.5, 0.6) is 0 Å². The molecule has 0 bridgehead atoms. The zero-order chi connectivity index (χ0) is 14.7. The zero-order valence-corrected chi connectivity index (χ0v) is 12.9. The molecule has 1 aromatic carbocycles. The second-order valence-corrected chi connectivity index (χ2v) is 5.50. The molecule has 0 spiro atoms. The van der Waals surface area contributed by atoms with E-state index in [0.717, 1.165) is 3.57 Å². The summed E-state index contributed by atoms with van der Waals surface area (Å²) in [4.78, 5) is 22.6. The number of carbonyl (C=O) groups excluding carboxylic acids is 1. The monoisotopic (exact) mass is 405 g/mol. The highest BCUT2D eigenvalue weighted by Crippen LogP contribution is 2.19. The number of halogens is 2. The molecule has 20 heavy (non-hydrogen) atoms. The highest BCUT2D eigenvalue weighted by Gasteiger charge is 2.12. The van der Waals surface area contributed by atoms with Gasteiger partial charge < -0.3 is 10.4 Å². The first-order valence-corrected chi connectivity index (χ1v) is 6.92. The molecule has 2 N–H and O–H groups in total. The van der Waals surface area contributed by atoms with E-state index in [1.165, 1.54) is 17.1 Å². The summed E-state index contributed by atoms with van der Waals surface area (Å²) in [7, 11) is 0. The van der Waals surface area contributed by atoms with E-state index >= 15 is 0 Å². The molecule has 0 saturated carbocycles. The van der Waals surface area contributed by atoms with Crippen LogP contribution in [-0.4, -0.2) is 26.8 Å². The molecule has 1 aromatic heterocycles. The van der Waals surface area contributed by atoms with Crippen LogP contribution < -0.4 is 5.32 Å². The lowest BCUT2D eigenvalue weighted by Gasteiger charge is -2.05. The minimum Gasteiger partial charge on any atom is -0.480 e. The van der Waals surface area contributed by atoms with E-state index < -0.39 is 5.97 Å². The Labute approximate surface area is 132 Å². The van der Waals surface area contributed by atoms with E-state index in [9.17, 15) is 9.59 Å². The molecule has 104 valence electrons. The normalized spacial score (nSPS) is 10.3. The SMILES string of the molecule is O=C(O)Cn1cc(NC(=O)c2cc(Cl)ccc2I)cn1. The summed E-state index contributed by atoms with van der Waals surface area (Å²) in [6.07, 6.45) is 2.84. The van der Waals surface area contributed by atoms with Gasteiger partial charge in [0.05, 0.1) is 17.4 Å². The van der Waals surface area contributed by atoms with Crippen LogP contribution in [0.15, 0.2) is 30.6 Å². The molecular formula is C12H9ClIN3O3. The van der Waals surface area contributed by atoms with Crippen LogP contribution in [0.25, 0.3) is 0 Å². The molecule has 0 radical (unpaired) electrons. The molecule has 1 amide bonds. The third-order valence-electron chi connectivity index (χ3n) is 2.36. The Hall–Kier alpha value is -1.61. The third-order valence-corrected chi connectivity index (χ3v) is 3.54. The van der Waals surface area contributed by atoms with Gasteiger partial charge in [0.2, 0.25) is 0 Å². The summed E-state index contributed by atoms with van der Waals surface area (Å²) < 4.78 is 1.99. The van der Waals surface area contributed by atoms with Crippen molar-refractivity contribution in [3.05, 3.63) is 44.7 Å². The van der Waals surface area contributed by atoms with Crippen molar-refractivity contribution < 1.29 is 14.7 Å². The topological polar surface area (TPSA) is 84.2 Å². The molecule has 0 atom stereocenters. The number of rotatable bonds is 4. The lowest BCUT2D eigenvalue weighted by molar-refractivity contribution is -0.137. The minimum absolute atomic E-state index is 0.259. The fraction of sp³-hybridized carbons (Fsp3) is 0.0833. The third kappa shape index (κ3) is 3.70. The fourth-order valence-electron chi connectivity index (χ4n) is 1.52. The Balaban J connectivity index is 2.13. The molecular weight excluding hydrogens is 397 g/mol. The number of hydrogen-bond donors (Lipinski definition) is 2. The summed E-state index contributed by atoms with van der Waals surface area (Å²) in [6, 6.07) is 5.01. The number of aliphatic carboxylic acids is 1. The highest BCUT2D eigenvalue weighted by molar-refractivity contribution is 14.1. The summed E-state index contributed by atoms with van der Waals surface area (Å²) in [5.74, 6) is -1.33. The second kappa shape index (κ2) is 6.23. The summed E-state index contributed by atoms with van der Waals surface area (Å²) >= 11 is 7.90. The molecule has 0 aliphatic heterocycles. The van der Waals surface area contributed by atoms with Crippen molar-refractivity contribution in [2.45, 2.75) is 6.54 Å². The number of carbonyl (C=O) groups is 2. The Kier molecular flexibility index (Phi) is 4.61. The number of carboxylic acids is 1. The Morgan fingerprint density at radius 1 is 1.45 bits per heavy atom. The molecule has 6 nitrogen and oxygen atoms in total. The van der Waals surface area contributed by atoms with Gasteiger partial charge in [-0.15, -0.1) is 0 Å². The number of nitrogens with zero attached hydrogens (tertiary/aromatic N) is 2. The van der Waals surface area contributed by atoms with Crippen molar-refractivity contribution in [2.75, 3.05) is 5.32 Å². The molecule has 0 saturated heterocycles. The molecule has 2 aromatic rings. The van der Waals surface area contributed by atoms with E-state index in [-0.39, 0.29) is 12.5 Å². The number of benzene rings is 1. The predicted octanol–water partition coefficient (Wildman–Crippen LogP) is 2.48. The van der Waals surface area contributed by atoms with Gasteiger partial charge in [0.1, 0.15) is 6.54 Å². The maximum Gasteiger partial charge on any atom is 0.325 e. The highest BCUT2D eigenvalue weighted by atomic mass is 127. The van der Waals surface area contributed by atoms with Crippen LogP contribution in [0.2, 0.25) is 5.02 Å². The molecule has 2 rings (SSSR count). The first kappa shape index (κ1) is 14.8. The quantitative estimate of drug-likeness (QED) is 0.766. The van der Waals surface area contributed by atoms with E-state index in [2.05, 4.69) is 10.4 Å². The van der Waals surface area contributed by atoms with Gasteiger partial charge in [0.15, 0.2) is 0 Å². The summed E-state index contributed by atoms with van der Waals surface area (Å²) in [5, 5.41) is 15.6. The number of carboxylic acid groups (broad SMARTS) is 1. The van der Waals surface area contributed by atoms with Crippen molar-refractivity contribution in [3.63, 3.8) is 0 Å². The molecule has 0 unspecified atom stereocenters. The van der Waals surface area contributed by atoms with E-state index in [1.807, 2.05) is 22.6 Å². The van der Waals surface area contributed by atoms with Gasteiger partial charge in [-0.2, -0.15) is 5.10 Å². The van der Waals surface area contributed by atoms with Gasteiger partial charge >= 0.3 is 5.97 Å². The first-order chi connectivity index (χ1) is 9.45.